The highest BCUT2D eigenvalue weighted by Crippen LogP contribution is 2.19. The van der Waals surface area contributed by atoms with Gasteiger partial charge >= 0.3 is 0 Å². The van der Waals surface area contributed by atoms with E-state index in [1.54, 1.807) is 19.5 Å². The van der Waals surface area contributed by atoms with Crippen molar-refractivity contribution in [1.29, 1.82) is 0 Å². The number of carbonyl (C=O) groups is 1. The average Bonchev–Trinajstić information content (AvgIpc) is 2.69. The minimum absolute atomic E-state index is 0.141. The molecule has 1 fully saturated rings. The van der Waals surface area contributed by atoms with Crippen molar-refractivity contribution in [2.24, 2.45) is 5.92 Å². The fourth-order valence-corrected chi connectivity index (χ4v) is 3.02. The number of aromatic nitrogens is 2. The van der Waals surface area contributed by atoms with Crippen LogP contribution in [0.2, 0.25) is 0 Å². The number of carbonyl (C=O) groups excluding carboxylic acids is 1. The third-order valence-corrected chi connectivity index (χ3v) is 4.83. The second-order valence-electron chi connectivity index (χ2n) is 6.80. The Balaban J connectivity index is 1.48. The van der Waals surface area contributed by atoms with Crippen molar-refractivity contribution >= 4 is 11.9 Å². The van der Waals surface area contributed by atoms with Gasteiger partial charge in [-0.2, -0.15) is 0 Å². The van der Waals surface area contributed by atoms with E-state index in [9.17, 15) is 4.79 Å². The van der Waals surface area contributed by atoms with E-state index in [2.05, 4.69) is 27.1 Å². The van der Waals surface area contributed by atoms with Gasteiger partial charge in [0, 0.05) is 32.0 Å². The first-order valence-electron chi connectivity index (χ1n) is 9.14. The fraction of sp³-hybridized carbons (Fsp3) is 0.450. The van der Waals surface area contributed by atoms with Crippen molar-refractivity contribution in [3.63, 3.8) is 0 Å². The van der Waals surface area contributed by atoms with Gasteiger partial charge in [-0.15, -0.1) is 0 Å². The number of hydrogen-bond acceptors (Lipinski definition) is 5. The lowest BCUT2D eigenvalue weighted by Gasteiger charge is -2.30. The van der Waals surface area contributed by atoms with Gasteiger partial charge in [-0.25, -0.2) is 9.97 Å². The van der Waals surface area contributed by atoms with Crippen LogP contribution < -0.4 is 15.0 Å². The van der Waals surface area contributed by atoms with Crippen LogP contribution in [0.25, 0.3) is 0 Å². The lowest BCUT2D eigenvalue weighted by Crippen LogP contribution is -2.34. The molecule has 1 aliphatic rings. The number of hydrogen-bond donors (Lipinski definition) is 1. The van der Waals surface area contributed by atoms with Gasteiger partial charge < -0.3 is 15.0 Å². The van der Waals surface area contributed by atoms with Crippen molar-refractivity contribution in [1.82, 2.24) is 15.3 Å². The van der Waals surface area contributed by atoms with E-state index in [0.29, 0.717) is 18.1 Å². The van der Waals surface area contributed by atoms with Crippen LogP contribution in [0.5, 0.6) is 5.75 Å². The summed E-state index contributed by atoms with van der Waals surface area (Å²) in [5.74, 6) is 2.17. The molecule has 0 saturated carbocycles. The maximum Gasteiger partial charge on any atom is 0.254 e. The maximum atomic E-state index is 12.2. The standard InChI is InChI=1S/C20H26N4O2/c1-15-8-11-24(12-9-15)20-22-13-17(14-23-20)19(25)21-10-7-16-3-5-18(26-2)6-4-16/h3-6,13-15H,7-12H2,1-2H3,(H,21,25). The van der Waals surface area contributed by atoms with Crippen LogP contribution >= 0.6 is 0 Å². The first kappa shape index (κ1) is 18.2. The quantitative estimate of drug-likeness (QED) is 0.864. The van der Waals surface area contributed by atoms with E-state index in [0.717, 1.165) is 49.6 Å². The van der Waals surface area contributed by atoms with E-state index in [-0.39, 0.29) is 5.91 Å². The van der Waals surface area contributed by atoms with E-state index in [4.69, 9.17) is 4.74 Å². The van der Waals surface area contributed by atoms with Crippen LogP contribution in [-0.4, -0.2) is 42.6 Å². The SMILES string of the molecule is COc1ccc(CCNC(=O)c2cnc(N3CCC(C)CC3)nc2)cc1. The average molecular weight is 354 g/mol. The van der Waals surface area contributed by atoms with Crippen LogP contribution in [-0.2, 0) is 6.42 Å². The summed E-state index contributed by atoms with van der Waals surface area (Å²) in [6, 6.07) is 7.85. The van der Waals surface area contributed by atoms with Gasteiger partial charge in [0.15, 0.2) is 0 Å². The molecule has 0 radical (unpaired) electrons. The molecule has 0 unspecified atom stereocenters. The van der Waals surface area contributed by atoms with Crippen LogP contribution in [0.3, 0.4) is 0 Å². The predicted molar refractivity (Wildman–Crippen MR) is 102 cm³/mol. The molecule has 6 heteroatoms. The highest BCUT2D eigenvalue weighted by Gasteiger charge is 2.18. The van der Waals surface area contributed by atoms with E-state index >= 15 is 0 Å². The highest BCUT2D eigenvalue weighted by atomic mass is 16.5. The van der Waals surface area contributed by atoms with Crippen molar-refractivity contribution in [3.05, 3.63) is 47.8 Å². The molecule has 26 heavy (non-hydrogen) atoms. The molecular formula is C20H26N4O2. The second-order valence-corrected chi connectivity index (χ2v) is 6.80. The Hall–Kier alpha value is -2.63. The molecule has 6 nitrogen and oxygen atoms in total. The monoisotopic (exact) mass is 354 g/mol. The molecule has 138 valence electrons. The Labute approximate surface area is 154 Å². The van der Waals surface area contributed by atoms with Gasteiger partial charge in [0.05, 0.1) is 12.7 Å². The third kappa shape index (κ3) is 4.71. The van der Waals surface area contributed by atoms with Crippen molar-refractivity contribution in [2.75, 3.05) is 31.6 Å². The van der Waals surface area contributed by atoms with Crippen molar-refractivity contribution < 1.29 is 9.53 Å². The van der Waals surface area contributed by atoms with Gasteiger partial charge in [0.2, 0.25) is 5.95 Å². The molecule has 1 N–H and O–H groups in total. The fourth-order valence-electron chi connectivity index (χ4n) is 3.02. The molecule has 0 spiro atoms. The minimum Gasteiger partial charge on any atom is -0.497 e. The van der Waals surface area contributed by atoms with E-state index in [1.165, 1.54) is 0 Å². The van der Waals surface area contributed by atoms with Crippen LogP contribution in [0.15, 0.2) is 36.7 Å². The molecule has 3 rings (SSSR count). The van der Waals surface area contributed by atoms with Gasteiger partial charge in [0.25, 0.3) is 5.91 Å². The van der Waals surface area contributed by atoms with Gasteiger partial charge in [-0.05, 0) is 42.9 Å². The Kier molecular flexibility index (Phi) is 6.04. The molecule has 1 aliphatic heterocycles. The zero-order valence-electron chi connectivity index (χ0n) is 15.4. The largest absolute Gasteiger partial charge is 0.497 e. The molecule has 1 aromatic heterocycles. The first-order chi connectivity index (χ1) is 12.7. The summed E-state index contributed by atoms with van der Waals surface area (Å²) >= 11 is 0. The maximum absolute atomic E-state index is 12.2. The van der Waals surface area contributed by atoms with E-state index in [1.807, 2.05) is 24.3 Å². The summed E-state index contributed by atoms with van der Waals surface area (Å²) in [5, 5.41) is 2.92. The van der Waals surface area contributed by atoms with Crippen LogP contribution in [0.1, 0.15) is 35.7 Å². The molecule has 0 atom stereocenters. The molecule has 1 amide bonds. The van der Waals surface area contributed by atoms with Gasteiger partial charge in [-0.3, -0.25) is 4.79 Å². The lowest BCUT2D eigenvalue weighted by atomic mass is 10.00. The number of rotatable bonds is 6. The lowest BCUT2D eigenvalue weighted by molar-refractivity contribution is 0.0953. The molecular weight excluding hydrogens is 328 g/mol. The number of benzene rings is 1. The summed E-state index contributed by atoms with van der Waals surface area (Å²) in [4.78, 5) is 23.2. The highest BCUT2D eigenvalue weighted by molar-refractivity contribution is 5.93. The number of methoxy groups -OCH3 is 1. The summed E-state index contributed by atoms with van der Waals surface area (Å²) in [6.07, 6.45) is 6.32. The zero-order valence-corrected chi connectivity index (χ0v) is 15.4. The Morgan fingerprint density at radius 2 is 1.85 bits per heavy atom. The van der Waals surface area contributed by atoms with Crippen molar-refractivity contribution in [3.8, 4) is 5.75 Å². The number of ether oxygens (including phenoxy) is 1. The summed E-state index contributed by atoms with van der Waals surface area (Å²) in [5.41, 5.74) is 1.64. The minimum atomic E-state index is -0.141. The molecule has 1 aromatic carbocycles. The molecule has 2 aromatic rings. The van der Waals surface area contributed by atoms with E-state index < -0.39 is 0 Å². The number of amides is 1. The van der Waals surface area contributed by atoms with Crippen molar-refractivity contribution in [2.45, 2.75) is 26.2 Å². The van der Waals surface area contributed by atoms with Gasteiger partial charge in [-0.1, -0.05) is 19.1 Å². The topological polar surface area (TPSA) is 67.3 Å². The number of nitrogens with zero attached hydrogens (tertiary/aromatic N) is 3. The first-order valence-corrected chi connectivity index (χ1v) is 9.14. The normalized spacial score (nSPS) is 14.9. The second kappa shape index (κ2) is 8.65. The number of anilines is 1. The van der Waals surface area contributed by atoms with Crippen LogP contribution in [0.4, 0.5) is 5.95 Å². The molecule has 0 bridgehead atoms. The third-order valence-electron chi connectivity index (χ3n) is 4.83. The molecule has 1 saturated heterocycles. The van der Waals surface area contributed by atoms with Crippen LogP contribution in [0, 0.1) is 5.92 Å². The zero-order chi connectivity index (χ0) is 18.4. The summed E-state index contributed by atoms with van der Waals surface area (Å²) in [7, 11) is 1.65. The molecule has 0 aliphatic carbocycles. The Morgan fingerprint density at radius 3 is 2.46 bits per heavy atom. The number of nitrogens with one attached hydrogen (secondary N) is 1. The molecule has 2 heterocycles. The number of piperidine rings is 1. The smallest absolute Gasteiger partial charge is 0.254 e. The van der Waals surface area contributed by atoms with Gasteiger partial charge in [0.1, 0.15) is 5.75 Å². The Morgan fingerprint density at radius 1 is 1.19 bits per heavy atom. The Bertz CT molecular complexity index is 708. The predicted octanol–water partition coefficient (Wildman–Crippen LogP) is 2.69. The summed E-state index contributed by atoms with van der Waals surface area (Å²) < 4.78 is 5.14. The summed E-state index contributed by atoms with van der Waals surface area (Å²) in [6.45, 7) is 4.80.